The highest BCUT2D eigenvalue weighted by Crippen LogP contribution is 2.40. The number of fused-ring (bicyclic) bond motifs is 1. The van der Waals surface area contributed by atoms with Gasteiger partial charge in [-0.2, -0.15) is 0 Å². The summed E-state index contributed by atoms with van der Waals surface area (Å²) in [5, 5.41) is 0. The minimum Gasteiger partial charge on any atom is -0.496 e. The summed E-state index contributed by atoms with van der Waals surface area (Å²) in [5.74, 6) is 3.37. The largest absolute Gasteiger partial charge is 0.496 e. The monoisotopic (exact) mass is 485 g/mol. The lowest BCUT2D eigenvalue weighted by molar-refractivity contribution is 0.176. The van der Waals surface area contributed by atoms with E-state index in [-0.39, 0.29) is 5.92 Å². The van der Waals surface area contributed by atoms with E-state index >= 15 is 0 Å². The summed E-state index contributed by atoms with van der Waals surface area (Å²) in [4.78, 5) is 17.8. The number of aromatic amines is 1. The van der Waals surface area contributed by atoms with Crippen molar-refractivity contribution in [1.82, 2.24) is 19.5 Å². The van der Waals surface area contributed by atoms with Crippen molar-refractivity contribution in [3.05, 3.63) is 77.3 Å². The van der Waals surface area contributed by atoms with Crippen LogP contribution in [-0.2, 0) is 0 Å². The van der Waals surface area contributed by atoms with Crippen LogP contribution in [0.4, 0.5) is 0 Å². The maximum absolute atomic E-state index is 6.65. The molecule has 2 heterocycles. The van der Waals surface area contributed by atoms with Crippen LogP contribution in [0.1, 0.15) is 81.5 Å². The maximum Gasteiger partial charge on any atom is 0.204 e. The average Bonchev–Trinajstić information content (AvgIpc) is 3.59. The second-order valence-corrected chi connectivity index (χ2v) is 9.69. The predicted molar refractivity (Wildman–Crippen MR) is 141 cm³/mol. The summed E-state index contributed by atoms with van der Waals surface area (Å²) in [6.45, 7) is 6.91. The molecule has 0 saturated heterocycles. The summed E-state index contributed by atoms with van der Waals surface area (Å²) in [6.07, 6.45) is 6.23. The van der Waals surface area contributed by atoms with Gasteiger partial charge in [0.2, 0.25) is 6.23 Å². The first kappa shape index (κ1) is 24.1. The molecule has 0 spiro atoms. The minimum atomic E-state index is -0.465. The Morgan fingerprint density at radius 2 is 1.89 bits per heavy atom. The summed E-state index contributed by atoms with van der Waals surface area (Å²) in [6, 6.07) is 16.3. The second kappa shape index (κ2) is 10.6. The normalized spacial score (nSPS) is 15.6. The standard InChI is InChI=1S/C29H35N5O2/c1-5-30-27-25-28(33-26(32-25)19(2)3)34(18-31-27)29(36-22-13-7-6-8-14-22)21-15-16-24(35-4)23(17-21)20-11-9-10-12-20/h6-8,13-20,29H,5,9-12H2,1-4H3,(H,32,33). The van der Waals surface area contributed by atoms with Crippen LogP contribution >= 0.6 is 0 Å². The van der Waals surface area contributed by atoms with E-state index in [0.29, 0.717) is 18.0 Å². The molecule has 0 radical (unpaired) electrons. The quantitative estimate of drug-likeness (QED) is 0.327. The van der Waals surface area contributed by atoms with Crippen LogP contribution in [0.5, 0.6) is 11.5 Å². The summed E-state index contributed by atoms with van der Waals surface area (Å²) >= 11 is 0. The van der Waals surface area contributed by atoms with Gasteiger partial charge in [-0.05, 0) is 61.6 Å². The molecule has 4 aromatic rings. The number of hydrogen-bond donors (Lipinski definition) is 1. The highest BCUT2D eigenvalue weighted by Gasteiger charge is 2.25. The SMILES string of the molecule is CCN=c1ncn(C(Oc2ccccc2)c2ccc(OC)c(C3CCCC3)c2)c2nc(C(C)C)[nH]c12. The molecular formula is C29H35N5O2. The molecule has 1 N–H and O–H groups in total. The first-order valence-corrected chi connectivity index (χ1v) is 13.0. The van der Waals surface area contributed by atoms with Gasteiger partial charge in [-0.15, -0.1) is 0 Å². The Morgan fingerprint density at radius 3 is 2.58 bits per heavy atom. The van der Waals surface area contributed by atoms with Crippen LogP contribution in [0, 0.1) is 0 Å². The number of imidazole rings is 1. The Balaban J connectivity index is 1.70. The predicted octanol–water partition coefficient (Wildman–Crippen LogP) is 6.10. The maximum atomic E-state index is 6.65. The number of hydrogen-bond acceptors (Lipinski definition) is 5. The highest BCUT2D eigenvalue weighted by atomic mass is 16.5. The van der Waals surface area contributed by atoms with Crippen LogP contribution in [0.3, 0.4) is 0 Å². The number of ether oxygens (including phenoxy) is 2. The number of para-hydroxylation sites is 1. The molecule has 36 heavy (non-hydrogen) atoms. The Labute approximate surface area is 212 Å². The number of nitrogens with zero attached hydrogens (tertiary/aromatic N) is 4. The van der Waals surface area contributed by atoms with E-state index in [1.165, 1.54) is 31.2 Å². The highest BCUT2D eigenvalue weighted by molar-refractivity contribution is 5.70. The fourth-order valence-electron chi connectivity index (χ4n) is 5.05. The van der Waals surface area contributed by atoms with Crippen LogP contribution in [-0.4, -0.2) is 33.2 Å². The Hall–Kier alpha value is -3.61. The lowest BCUT2D eigenvalue weighted by atomic mass is 9.94. The van der Waals surface area contributed by atoms with Crippen LogP contribution in [0.15, 0.2) is 59.9 Å². The van der Waals surface area contributed by atoms with Gasteiger partial charge in [0.1, 0.15) is 29.2 Å². The van der Waals surface area contributed by atoms with Gasteiger partial charge in [0.15, 0.2) is 11.1 Å². The van der Waals surface area contributed by atoms with Gasteiger partial charge in [-0.25, -0.2) is 9.97 Å². The third-order valence-electron chi connectivity index (χ3n) is 6.91. The van der Waals surface area contributed by atoms with Gasteiger partial charge in [-0.1, -0.05) is 44.9 Å². The van der Waals surface area contributed by atoms with Crippen LogP contribution in [0.2, 0.25) is 0 Å². The van der Waals surface area contributed by atoms with Crippen molar-refractivity contribution in [2.45, 2.75) is 64.5 Å². The third-order valence-corrected chi connectivity index (χ3v) is 6.91. The molecule has 1 aliphatic rings. The van der Waals surface area contributed by atoms with Crippen LogP contribution in [0.25, 0.3) is 11.2 Å². The fourth-order valence-corrected chi connectivity index (χ4v) is 5.05. The summed E-state index contributed by atoms with van der Waals surface area (Å²) < 4.78 is 14.4. The first-order valence-electron chi connectivity index (χ1n) is 13.0. The minimum absolute atomic E-state index is 0.240. The van der Waals surface area contributed by atoms with Crippen molar-refractivity contribution in [2.75, 3.05) is 13.7 Å². The topological polar surface area (TPSA) is 77.3 Å². The molecule has 2 aromatic carbocycles. The molecule has 1 saturated carbocycles. The number of H-pyrrole nitrogens is 1. The van der Waals surface area contributed by atoms with Gasteiger partial charge in [0.05, 0.1) is 7.11 Å². The van der Waals surface area contributed by atoms with Gasteiger partial charge in [0, 0.05) is 18.0 Å². The van der Waals surface area contributed by atoms with Crippen molar-refractivity contribution in [2.24, 2.45) is 4.99 Å². The zero-order valence-corrected chi connectivity index (χ0v) is 21.6. The van der Waals surface area contributed by atoms with E-state index in [9.17, 15) is 0 Å². The second-order valence-electron chi connectivity index (χ2n) is 9.69. The molecule has 0 aliphatic heterocycles. The Kier molecular flexibility index (Phi) is 7.07. The average molecular weight is 486 g/mol. The first-order chi connectivity index (χ1) is 17.6. The van der Waals surface area contributed by atoms with Gasteiger partial charge in [-0.3, -0.25) is 9.56 Å². The smallest absolute Gasteiger partial charge is 0.204 e. The lowest BCUT2D eigenvalue weighted by Gasteiger charge is -2.24. The van der Waals surface area contributed by atoms with E-state index in [1.807, 2.05) is 41.8 Å². The fraction of sp³-hybridized carbons (Fsp3) is 0.414. The van der Waals surface area contributed by atoms with Crippen molar-refractivity contribution >= 4 is 11.2 Å². The number of aromatic nitrogens is 4. The molecule has 1 unspecified atom stereocenters. The molecule has 1 atom stereocenters. The van der Waals surface area contributed by atoms with E-state index < -0.39 is 6.23 Å². The van der Waals surface area contributed by atoms with Gasteiger partial charge < -0.3 is 14.5 Å². The van der Waals surface area contributed by atoms with Crippen molar-refractivity contribution < 1.29 is 9.47 Å². The molecule has 0 bridgehead atoms. The number of benzene rings is 2. The van der Waals surface area contributed by atoms with E-state index in [4.69, 9.17) is 19.4 Å². The van der Waals surface area contributed by atoms with Crippen molar-refractivity contribution in [1.29, 1.82) is 0 Å². The Bertz CT molecular complexity index is 1380. The molecule has 1 aliphatic carbocycles. The van der Waals surface area contributed by atoms with E-state index in [2.05, 4.69) is 42.0 Å². The van der Waals surface area contributed by atoms with Crippen LogP contribution < -0.4 is 15.0 Å². The number of rotatable bonds is 8. The molecule has 7 heteroatoms. The molecule has 0 amide bonds. The van der Waals surface area contributed by atoms with Gasteiger partial charge in [0.25, 0.3) is 0 Å². The molecular weight excluding hydrogens is 450 g/mol. The molecule has 2 aromatic heterocycles. The summed E-state index contributed by atoms with van der Waals surface area (Å²) in [5.41, 5.74) is 4.56. The van der Waals surface area contributed by atoms with E-state index in [1.54, 1.807) is 13.4 Å². The van der Waals surface area contributed by atoms with Gasteiger partial charge >= 0.3 is 0 Å². The molecule has 7 nitrogen and oxygen atoms in total. The zero-order valence-electron chi connectivity index (χ0n) is 21.6. The lowest BCUT2D eigenvalue weighted by Crippen LogP contribution is -2.23. The molecule has 5 rings (SSSR count). The number of nitrogens with one attached hydrogen (secondary N) is 1. The zero-order chi connectivity index (χ0) is 25.1. The molecule has 1 fully saturated rings. The third kappa shape index (κ3) is 4.74. The molecule has 188 valence electrons. The van der Waals surface area contributed by atoms with Crippen molar-refractivity contribution in [3.63, 3.8) is 0 Å². The van der Waals surface area contributed by atoms with Crippen molar-refractivity contribution in [3.8, 4) is 11.5 Å². The summed E-state index contributed by atoms with van der Waals surface area (Å²) in [7, 11) is 1.75. The van der Waals surface area contributed by atoms with E-state index in [0.717, 1.165) is 34.1 Å². The number of methoxy groups -OCH3 is 1. The Morgan fingerprint density at radius 1 is 1.11 bits per heavy atom.